The van der Waals surface area contributed by atoms with Crippen LogP contribution in [0.2, 0.25) is 0 Å². The number of rotatable bonds is 8. The zero-order valence-electron chi connectivity index (χ0n) is 19.7. The minimum absolute atomic E-state index is 0.121. The van der Waals surface area contributed by atoms with Gasteiger partial charge in [0.15, 0.2) is 0 Å². The summed E-state index contributed by atoms with van der Waals surface area (Å²) in [6.07, 6.45) is 10.6. The average Bonchev–Trinajstić information content (AvgIpc) is 3.56. The Hall–Kier alpha value is -3.74. The van der Waals surface area contributed by atoms with Crippen LogP contribution < -0.4 is 15.2 Å². The van der Waals surface area contributed by atoms with E-state index in [0.29, 0.717) is 12.7 Å². The number of nitrogens with zero attached hydrogens (tertiary/aromatic N) is 4. The smallest absolute Gasteiger partial charge is 0.337 e. The molecule has 34 heavy (non-hydrogen) atoms. The van der Waals surface area contributed by atoms with Gasteiger partial charge >= 0.3 is 5.69 Å². The van der Waals surface area contributed by atoms with Crippen LogP contribution in [0.3, 0.4) is 0 Å². The highest BCUT2D eigenvalue weighted by Crippen LogP contribution is 2.24. The summed E-state index contributed by atoms with van der Waals surface area (Å²) in [5.41, 5.74) is 2.49. The fraction of sp³-hybridized carbons (Fsp3) is 0.333. The number of imidazole rings is 2. The highest BCUT2D eigenvalue weighted by molar-refractivity contribution is 5.40. The van der Waals surface area contributed by atoms with Crippen molar-refractivity contribution in [3.63, 3.8) is 0 Å². The zero-order valence-corrected chi connectivity index (χ0v) is 19.7. The third kappa shape index (κ3) is 4.78. The first kappa shape index (κ1) is 22.1. The topological polar surface area (TPSA) is 63.2 Å². The first-order valence-electron chi connectivity index (χ1n) is 11.9. The first-order chi connectivity index (χ1) is 16.6. The highest BCUT2D eigenvalue weighted by atomic mass is 16.5. The van der Waals surface area contributed by atoms with E-state index in [0.717, 1.165) is 53.8 Å². The van der Waals surface area contributed by atoms with Crippen LogP contribution >= 0.6 is 0 Å². The Morgan fingerprint density at radius 1 is 0.882 bits per heavy atom. The summed E-state index contributed by atoms with van der Waals surface area (Å²) in [5.74, 6) is 2.61. The minimum atomic E-state index is -0.121. The Morgan fingerprint density at radius 3 is 2.03 bits per heavy atom. The lowest BCUT2D eigenvalue weighted by atomic mass is 10.2. The van der Waals surface area contributed by atoms with Crippen molar-refractivity contribution in [1.29, 1.82) is 0 Å². The van der Waals surface area contributed by atoms with Gasteiger partial charge in [-0.1, -0.05) is 0 Å². The molecule has 0 saturated heterocycles. The minimum Gasteiger partial charge on any atom is -0.492 e. The molecule has 7 nitrogen and oxygen atoms in total. The first-order valence-corrected chi connectivity index (χ1v) is 11.9. The van der Waals surface area contributed by atoms with E-state index in [1.165, 1.54) is 12.8 Å². The van der Waals surface area contributed by atoms with Crippen molar-refractivity contribution < 1.29 is 9.47 Å². The normalized spacial score (nSPS) is 13.9. The van der Waals surface area contributed by atoms with E-state index < -0.39 is 0 Å². The number of aryl methyl sites for hydroxylation is 2. The molecule has 5 rings (SSSR count). The van der Waals surface area contributed by atoms with Crippen LogP contribution in [0.1, 0.15) is 37.2 Å². The lowest BCUT2D eigenvalue weighted by molar-refractivity contribution is 0.210. The molecule has 1 aliphatic carbocycles. The molecule has 0 amide bonds. The molecule has 0 unspecified atom stereocenters. The molecule has 7 heteroatoms. The van der Waals surface area contributed by atoms with Gasteiger partial charge in [0.25, 0.3) is 0 Å². The predicted molar refractivity (Wildman–Crippen MR) is 131 cm³/mol. The molecule has 1 fully saturated rings. The molecule has 2 aromatic heterocycles. The fourth-order valence-electron chi connectivity index (χ4n) is 4.51. The van der Waals surface area contributed by atoms with Crippen LogP contribution in [0.4, 0.5) is 0 Å². The summed E-state index contributed by atoms with van der Waals surface area (Å²) in [6.45, 7) is 5.26. The standard InChI is InChI=1S/C27H30N4O3/c1-20-19-29(21(2)28-20)17-18-33-24-11-7-22(8-12-24)30-15-16-31(27(30)32)23-9-13-26(14-10-23)34-25-5-3-4-6-25/h7-16,19,25H,3-6,17-18H2,1-2H3. The van der Waals surface area contributed by atoms with Gasteiger partial charge in [-0.05, 0) is 88.1 Å². The van der Waals surface area contributed by atoms with E-state index in [1.807, 2.05) is 68.6 Å². The summed E-state index contributed by atoms with van der Waals surface area (Å²) < 4.78 is 17.3. The maximum absolute atomic E-state index is 13.0. The van der Waals surface area contributed by atoms with Crippen molar-refractivity contribution in [1.82, 2.24) is 18.7 Å². The van der Waals surface area contributed by atoms with Crippen LogP contribution in [0.25, 0.3) is 11.4 Å². The Bertz CT molecular complexity index is 1290. The monoisotopic (exact) mass is 458 g/mol. The molecular weight excluding hydrogens is 428 g/mol. The summed E-state index contributed by atoms with van der Waals surface area (Å²) in [4.78, 5) is 17.4. The molecule has 0 bridgehead atoms. The summed E-state index contributed by atoms with van der Waals surface area (Å²) in [7, 11) is 0. The maximum Gasteiger partial charge on any atom is 0.337 e. The van der Waals surface area contributed by atoms with Gasteiger partial charge in [-0.15, -0.1) is 0 Å². The molecule has 0 N–H and O–H groups in total. The van der Waals surface area contributed by atoms with Crippen molar-refractivity contribution in [3.05, 3.63) is 89.1 Å². The number of hydrogen-bond donors (Lipinski definition) is 0. The molecule has 4 aromatic rings. The van der Waals surface area contributed by atoms with E-state index in [-0.39, 0.29) is 5.69 Å². The van der Waals surface area contributed by atoms with Gasteiger partial charge in [-0.3, -0.25) is 9.13 Å². The summed E-state index contributed by atoms with van der Waals surface area (Å²) in [5, 5.41) is 0. The van der Waals surface area contributed by atoms with Crippen LogP contribution in [0.5, 0.6) is 11.5 Å². The van der Waals surface area contributed by atoms with Crippen LogP contribution in [-0.2, 0) is 6.54 Å². The Kier molecular flexibility index (Phi) is 6.25. The molecular formula is C27H30N4O3. The Morgan fingerprint density at radius 2 is 1.47 bits per heavy atom. The van der Waals surface area contributed by atoms with Crippen LogP contribution in [0.15, 0.2) is 71.9 Å². The number of aromatic nitrogens is 4. The van der Waals surface area contributed by atoms with Crippen molar-refractivity contribution in [2.75, 3.05) is 6.61 Å². The molecule has 0 atom stereocenters. The van der Waals surface area contributed by atoms with Crippen LogP contribution in [0, 0.1) is 13.8 Å². The van der Waals surface area contributed by atoms with Crippen molar-refractivity contribution in [2.45, 2.75) is 52.2 Å². The van der Waals surface area contributed by atoms with Gasteiger partial charge in [-0.25, -0.2) is 9.78 Å². The van der Waals surface area contributed by atoms with Crippen molar-refractivity contribution >= 4 is 0 Å². The SMILES string of the molecule is Cc1cn(CCOc2ccc(-n3ccn(-c4ccc(OC5CCCC5)cc4)c3=O)cc2)c(C)n1. The Labute approximate surface area is 199 Å². The van der Waals surface area contributed by atoms with Gasteiger partial charge in [0.2, 0.25) is 0 Å². The number of hydrogen-bond acceptors (Lipinski definition) is 4. The molecule has 1 saturated carbocycles. The van der Waals surface area contributed by atoms with E-state index in [9.17, 15) is 4.79 Å². The molecule has 0 radical (unpaired) electrons. The average molecular weight is 459 g/mol. The van der Waals surface area contributed by atoms with Gasteiger partial charge in [0.1, 0.15) is 23.9 Å². The lowest BCUT2D eigenvalue weighted by Crippen LogP contribution is -2.21. The van der Waals surface area contributed by atoms with Crippen molar-refractivity contribution in [3.8, 4) is 22.9 Å². The molecule has 1 aliphatic rings. The van der Waals surface area contributed by atoms with Gasteiger partial charge in [0, 0.05) is 18.6 Å². The molecule has 2 heterocycles. The molecule has 2 aromatic carbocycles. The van der Waals surface area contributed by atoms with Crippen molar-refractivity contribution in [2.24, 2.45) is 0 Å². The lowest BCUT2D eigenvalue weighted by Gasteiger charge is -2.13. The number of ether oxygens (including phenoxy) is 2. The Balaban J connectivity index is 1.23. The van der Waals surface area contributed by atoms with Gasteiger partial charge in [-0.2, -0.15) is 0 Å². The van der Waals surface area contributed by atoms with Gasteiger partial charge < -0.3 is 14.0 Å². The summed E-state index contributed by atoms with van der Waals surface area (Å²) in [6, 6.07) is 15.3. The third-order valence-electron chi connectivity index (χ3n) is 6.31. The second-order valence-corrected chi connectivity index (χ2v) is 8.80. The van der Waals surface area contributed by atoms with E-state index in [2.05, 4.69) is 9.55 Å². The second kappa shape index (κ2) is 9.63. The van der Waals surface area contributed by atoms with Gasteiger partial charge in [0.05, 0.1) is 29.7 Å². The number of benzene rings is 2. The van der Waals surface area contributed by atoms with Crippen LogP contribution in [-0.4, -0.2) is 31.4 Å². The molecule has 176 valence electrons. The third-order valence-corrected chi connectivity index (χ3v) is 6.31. The zero-order chi connectivity index (χ0) is 23.5. The maximum atomic E-state index is 13.0. The fourth-order valence-corrected chi connectivity index (χ4v) is 4.51. The summed E-state index contributed by atoms with van der Waals surface area (Å²) >= 11 is 0. The molecule has 0 spiro atoms. The second-order valence-electron chi connectivity index (χ2n) is 8.80. The predicted octanol–water partition coefficient (Wildman–Crippen LogP) is 4.84. The van der Waals surface area contributed by atoms with E-state index in [1.54, 1.807) is 21.5 Å². The van der Waals surface area contributed by atoms with E-state index in [4.69, 9.17) is 9.47 Å². The molecule has 0 aliphatic heterocycles. The largest absolute Gasteiger partial charge is 0.492 e. The van der Waals surface area contributed by atoms with E-state index >= 15 is 0 Å². The highest BCUT2D eigenvalue weighted by Gasteiger charge is 2.16. The quantitative estimate of drug-likeness (QED) is 0.379.